The predicted octanol–water partition coefficient (Wildman–Crippen LogP) is -0.491. The van der Waals surface area contributed by atoms with Crippen LogP contribution in [-0.4, -0.2) is 49.6 Å². The van der Waals surface area contributed by atoms with Crippen molar-refractivity contribution in [3.63, 3.8) is 0 Å². The Morgan fingerprint density at radius 1 is 0.933 bits per heavy atom. The summed E-state index contributed by atoms with van der Waals surface area (Å²) in [5, 5.41) is 24.8. The Morgan fingerprint density at radius 3 is 1.60 bits per heavy atom. The summed E-state index contributed by atoms with van der Waals surface area (Å²) in [4.78, 5) is 0. The van der Waals surface area contributed by atoms with Crippen LogP contribution >= 0.6 is 0 Å². The Morgan fingerprint density at radius 2 is 1.33 bits per heavy atom. The van der Waals surface area contributed by atoms with E-state index in [1.807, 2.05) is 0 Å². The van der Waals surface area contributed by atoms with Gasteiger partial charge in [-0.1, -0.05) is 12.2 Å². The molecule has 0 saturated heterocycles. The van der Waals surface area contributed by atoms with Crippen molar-refractivity contribution in [3.05, 3.63) is 25.3 Å². The molecule has 0 heterocycles. The van der Waals surface area contributed by atoms with Crippen molar-refractivity contribution >= 4 is 0 Å². The first-order chi connectivity index (χ1) is 7.24. The second-order valence-electron chi connectivity index (χ2n) is 3.66. The van der Waals surface area contributed by atoms with Crippen LogP contribution in [0.1, 0.15) is 0 Å². The van der Waals surface area contributed by atoms with E-state index in [1.165, 1.54) is 0 Å². The number of nitrogens with one attached hydrogen (secondary N) is 2. The molecule has 0 radical (unpaired) electrons. The molecule has 4 nitrogen and oxygen atoms in total. The first-order valence-corrected chi connectivity index (χ1v) is 5.09. The summed E-state index contributed by atoms with van der Waals surface area (Å²) in [6.45, 7) is 9.51. The number of hydrogen-bond donors (Lipinski definition) is 4. The molecule has 0 aliphatic rings. The molecule has 0 spiro atoms. The second-order valence-corrected chi connectivity index (χ2v) is 3.66. The van der Waals surface area contributed by atoms with Crippen LogP contribution in [0.25, 0.3) is 0 Å². The highest BCUT2D eigenvalue weighted by molar-refractivity contribution is 4.85. The van der Waals surface area contributed by atoms with Gasteiger partial charge in [-0.25, -0.2) is 0 Å². The molecule has 0 aromatic carbocycles. The number of aliphatic hydroxyl groups is 2. The summed E-state index contributed by atoms with van der Waals surface area (Å²) < 4.78 is 0. The van der Waals surface area contributed by atoms with Gasteiger partial charge in [-0.3, -0.25) is 0 Å². The van der Waals surface area contributed by atoms with Crippen LogP contribution in [0.2, 0.25) is 0 Å². The summed E-state index contributed by atoms with van der Waals surface area (Å²) in [6, 6.07) is 0. The highest BCUT2D eigenvalue weighted by Crippen LogP contribution is 2.12. The van der Waals surface area contributed by atoms with E-state index in [9.17, 15) is 10.2 Å². The Bertz CT molecular complexity index is 163. The summed E-state index contributed by atoms with van der Waals surface area (Å²) >= 11 is 0. The van der Waals surface area contributed by atoms with Crippen molar-refractivity contribution < 1.29 is 10.2 Å². The smallest absolute Gasteiger partial charge is 0.0533 e. The third kappa shape index (κ3) is 5.69. The largest absolute Gasteiger partial charge is 0.396 e. The lowest BCUT2D eigenvalue weighted by atomic mass is 9.90. The van der Waals surface area contributed by atoms with Gasteiger partial charge < -0.3 is 20.8 Å². The minimum atomic E-state index is -0.522. The minimum absolute atomic E-state index is 0.0578. The molecule has 4 heteroatoms. The predicted molar refractivity (Wildman–Crippen MR) is 62.7 cm³/mol. The number of hydrogen-bond acceptors (Lipinski definition) is 4. The van der Waals surface area contributed by atoms with Crippen LogP contribution in [0, 0.1) is 5.41 Å². The van der Waals surface area contributed by atoms with E-state index in [2.05, 4.69) is 23.8 Å². The average molecular weight is 214 g/mol. The zero-order chi connectivity index (χ0) is 11.6. The van der Waals surface area contributed by atoms with Gasteiger partial charge in [0.05, 0.1) is 13.2 Å². The van der Waals surface area contributed by atoms with E-state index >= 15 is 0 Å². The second kappa shape index (κ2) is 8.61. The van der Waals surface area contributed by atoms with Gasteiger partial charge in [-0.15, -0.1) is 13.2 Å². The van der Waals surface area contributed by atoms with E-state index in [4.69, 9.17) is 0 Å². The van der Waals surface area contributed by atoms with Crippen LogP contribution in [0.5, 0.6) is 0 Å². The molecule has 0 saturated carbocycles. The highest BCUT2D eigenvalue weighted by Gasteiger charge is 2.27. The van der Waals surface area contributed by atoms with Gasteiger partial charge >= 0.3 is 0 Å². The lowest BCUT2D eigenvalue weighted by Gasteiger charge is -2.30. The molecule has 0 aromatic heterocycles. The summed E-state index contributed by atoms with van der Waals surface area (Å²) in [5.74, 6) is 0. The highest BCUT2D eigenvalue weighted by atomic mass is 16.3. The number of aliphatic hydroxyl groups excluding tert-OH is 2. The SMILES string of the molecule is C=CCNCC(CO)(CO)CNCC=C. The van der Waals surface area contributed by atoms with Gasteiger partial charge in [0.1, 0.15) is 0 Å². The van der Waals surface area contributed by atoms with Gasteiger partial charge in [0, 0.05) is 31.6 Å². The fourth-order valence-corrected chi connectivity index (χ4v) is 1.21. The lowest BCUT2D eigenvalue weighted by Crippen LogP contribution is -2.47. The van der Waals surface area contributed by atoms with Crippen molar-refractivity contribution in [2.75, 3.05) is 39.4 Å². The Kier molecular flexibility index (Phi) is 8.22. The molecule has 0 aliphatic heterocycles. The maximum atomic E-state index is 9.28. The van der Waals surface area contributed by atoms with E-state index < -0.39 is 5.41 Å². The van der Waals surface area contributed by atoms with Crippen molar-refractivity contribution in [1.82, 2.24) is 10.6 Å². The molecule has 88 valence electrons. The zero-order valence-electron chi connectivity index (χ0n) is 9.21. The van der Waals surface area contributed by atoms with Crippen LogP contribution in [0.3, 0.4) is 0 Å². The molecule has 0 unspecified atom stereocenters. The molecule has 0 aliphatic carbocycles. The third-order valence-corrected chi connectivity index (χ3v) is 2.25. The van der Waals surface area contributed by atoms with Gasteiger partial charge in [0.15, 0.2) is 0 Å². The Hall–Kier alpha value is -0.680. The van der Waals surface area contributed by atoms with Crippen molar-refractivity contribution in [2.24, 2.45) is 5.41 Å². The molecule has 4 N–H and O–H groups in total. The summed E-state index contributed by atoms with van der Waals surface area (Å²) in [5.41, 5.74) is -0.522. The van der Waals surface area contributed by atoms with Gasteiger partial charge in [0.25, 0.3) is 0 Å². The molecule has 15 heavy (non-hydrogen) atoms. The minimum Gasteiger partial charge on any atom is -0.396 e. The molecule has 0 amide bonds. The van der Waals surface area contributed by atoms with Crippen LogP contribution in [0.4, 0.5) is 0 Å². The van der Waals surface area contributed by atoms with E-state index in [1.54, 1.807) is 12.2 Å². The van der Waals surface area contributed by atoms with E-state index in [-0.39, 0.29) is 13.2 Å². The standard InChI is InChI=1S/C11H22N2O2/c1-3-5-12-7-11(9-14,10-15)8-13-6-4-2/h3-4,12-15H,1-2,5-10H2. The molecular formula is C11H22N2O2. The summed E-state index contributed by atoms with van der Waals surface area (Å²) in [7, 11) is 0. The van der Waals surface area contributed by atoms with E-state index in [0.29, 0.717) is 26.2 Å². The molecule has 0 bridgehead atoms. The van der Waals surface area contributed by atoms with Crippen molar-refractivity contribution in [3.8, 4) is 0 Å². The van der Waals surface area contributed by atoms with Crippen LogP contribution in [0.15, 0.2) is 25.3 Å². The van der Waals surface area contributed by atoms with E-state index in [0.717, 1.165) is 0 Å². The molecular weight excluding hydrogens is 192 g/mol. The fourth-order valence-electron chi connectivity index (χ4n) is 1.21. The van der Waals surface area contributed by atoms with Crippen molar-refractivity contribution in [2.45, 2.75) is 0 Å². The first-order valence-electron chi connectivity index (χ1n) is 5.09. The molecule has 0 fully saturated rings. The molecule has 0 rings (SSSR count). The zero-order valence-corrected chi connectivity index (χ0v) is 9.21. The third-order valence-electron chi connectivity index (χ3n) is 2.25. The fraction of sp³-hybridized carbons (Fsp3) is 0.636. The van der Waals surface area contributed by atoms with Gasteiger partial charge in [-0.05, 0) is 0 Å². The topological polar surface area (TPSA) is 64.5 Å². The normalized spacial score (nSPS) is 11.3. The van der Waals surface area contributed by atoms with Gasteiger partial charge in [-0.2, -0.15) is 0 Å². The molecule has 0 atom stereocenters. The van der Waals surface area contributed by atoms with Crippen molar-refractivity contribution in [1.29, 1.82) is 0 Å². The van der Waals surface area contributed by atoms with Crippen LogP contribution in [-0.2, 0) is 0 Å². The Balaban J connectivity index is 4.03. The summed E-state index contributed by atoms with van der Waals surface area (Å²) in [6.07, 6.45) is 3.49. The lowest BCUT2D eigenvalue weighted by molar-refractivity contribution is 0.0557. The maximum Gasteiger partial charge on any atom is 0.0533 e. The average Bonchev–Trinajstić information content (AvgIpc) is 2.28. The quantitative estimate of drug-likeness (QED) is 0.293. The Labute approximate surface area is 91.7 Å². The van der Waals surface area contributed by atoms with Gasteiger partial charge in [0.2, 0.25) is 0 Å². The van der Waals surface area contributed by atoms with Crippen LogP contribution < -0.4 is 10.6 Å². The first kappa shape index (κ1) is 14.3. The number of rotatable bonds is 10. The maximum absolute atomic E-state index is 9.28. The molecule has 0 aromatic rings. The monoisotopic (exact) mass is 214 g/mol.